The number of nitrogens with zero attached hydrogens (tertiary/aromatic N) is 1. The van der Waals surface area contributed by atoms with Crippen LogP contribution in [0.2, 0.25) is 5.15 Å². The number of amides is 1. The summed E-state index contributed by atoms with van der Waals surface area (Å²) in [4.78, 5) is 17.2. The van der Waals surface area contributed by atoms with E-state index in [1.165, 1.54) is 0 Å². The van der Waals surface area contributed by atoms with Crippen LogP contribution < -0.4 is 5.32 Å². The first kappa shape index (κ1) is 16.7. The van der Waals surface area contributed by atoms with E-state index in [0.29, 0.717) is 33.5 Å². The topological polar surface area (TPSA) is 62.2 Å². The molecular weight excluding hydrogens is 344 g/mol. The maximum Gasteiger partial charge on any atom is 0.254 e. The lowest BCUT2D eigenvalue weighted by Gasteiger charge is -2.38. The smallest absolute Gasteiger partial charge is 0.254 e. The van der Waals surface area contributed by atoms with E-state index in [1.807, 2.05) is 0 Å². The lowest BCUT2D eigenvalue weighted by molar-refractivity contribution is -0.0192. The Labute approximate surface area is 151 Å². The van der Waals surface area contributed by atoms with Crippen LogP contribution in [0.4, 0.5) is 0 Å². The van der Waals surface area contributed by atoms with Crippen molar-refractivity contribution in [3.05, 3.63) is 22.8 Å². The van der Waals surface area contributed by atoms with Gasteiger partial charge >= 0.3 is 0 Å². The second-order valence-corrected chi connectivity index (χ2v) is 9.06. The molecule has 0 spiro atoms. The van der Waals surface area contributed by atoms with Crippen LogP contribution in [-0.2, 0) is 0 Å². The summed E-state index contributed by atoms with van der Waals surface area (Å²) in [6, 6.07) is 3.66. The zero-order valence-corrected chi connectivity index (χ0v) is 15.4. The second kappa shape index (κ2) is 6.19. The van der Waals surface area contributed by atoms with Crippen LogP contribution in [0, 0.1) is 17.8 Å². The van der Waals surface area contributed by atoms with Crippen molar-refractivity contribution in [2.75, 3.05) is 5.75 Å². The number of carbonyl (C=O) groups excluding carboxylic acids is 1. The van der Waals surface area contributed by atoms with Crippen LogP contribution in [-0.4, -0.2) is 33.4 Å². The van der Waals surface area contributed by atoms with E-state index in [4.69, 9.17) is 11.6 Å². The van der Waals surface area contributed by atoms with Gasteiger partial charge in [0.15, 0.2) is 0 Å². The highest BCUT2D eigenvalue weighted by Gasteiger charge is 2.60. The van der Waals surface area contributed by atoms with Crippen molar-refractivity contribution < 1.29 is 9.90 Å². The van der Waals surface area contributed by atoms with E-state index in [-0.39, 0.29) is 11.9 Å². The number of nitrogens with one attached hydrogen (secondary N) is 1. The number of hydrogen-bond acceptors (Lipinski definition) is 4. The summed E-state index contributed by atoms with van der Waals surface area (Å²) in [5.41, 5.74) is 0.164. The number of carbonyl (C=O) groups is 1. The zero-order valence-electron chi connectivity index (χ0n) is 13.8. The highest BCUT2D eigenvalue weighted by molar-refractivity contribution is 7.99. The van der Waals surface area contributed by atoms with E-state index >= 15 is 0 Å². The van der Waals surface area contributed by atoms with Crippen LogP contribution in [0.3, 0.4) is 0 Å². The van der Waals surface area contributed by atoms with E-state index < -0.39 is 5.60 Å². The highest BCUT2D eigenvalue weighted by Crippen LogP contribution is 2.59. The lowest BCUT2D eigenvalue weighted by atomic mass is 9.76. The Kier molecular flexibility index (Phi) is 4.30. The molecule has 1 amide bonds. The molecule has 4 aliphatic rings. The fraction of sp³-hybridized carbons (Fsp3) is 0.667. The predicted octanol–water partition coefficient (Wildman–Crippen LogP) is 3.52. The van der Waals surface area contributed by atoms with Crippen LogP contribution in [0.15, 0.2) is 17.2 Å². The SMILES string of the molecule is CCCSc1nc(Cl)ccc1C(=O)N[C@@H]1[C@@H]2CC3C[C@@](O)(C2)C[C@H]31. The summed E-state index contributed by atoms with van der Waals surface area (Å²) in [7, 11) is 0. The molecule has 130 valence electrons. The van der Waals surface area contributed by atoms with Gasteiger partial charge in [-0.3, -0.25) is 4.79 Å². The minimum Gasteiger partial charge on any atom is -0.390 e. The molecule has 5 rings (SSSR count). The third kappa shape index (κ3) is 2.85. The van der Waals surface area contributed by atoms with Crippen LogP contribution in [0.5, 0.6) is 0 Å². The molecule has 4 bridgehead atoms. The Morgan fingerprint density at radius 2 is 2.21 bits per heavy atom. The maximum atomic E-state index is 12.9. The van der Waals surface area contributed by atoms with Gasteiger partial charge in [0.1, 0.15) is 10.2 Å². The number of thioether (sulfide) groups is 1. The fourth-order valence-electron chi connectivity index (χ4n) is 5.11. The van der Waals surface area contributed by atoms with Gasteiger partial charge in [0.2, 0.25) is 0 Å². The normalized spacial score (nSPS) is 36.3. The molecule has 1 unspecified atom stereocenters. The molecule has 4 saturated carbocycles. The molecule has 1 aromatic rings. The molecule has 4 nitrogen and oxygen atoms in total. The molecule has 1 heterocycles. The van der Waals surface area contributed by atoms with Gasteiger partial charge in [-0.2, -0.15) is 0 Å². The molecule has 6 heteroatoms. The van der Waals surface area contributed by atoms with Crippen molar-refractivity contribution in [2.45, 2.75) is 55.7 Å². The summed E-state index contributed by atoms with van der Waals surface area (Å²) in [5.74, 6) is 2.30. The van der Waals surface area contributed by atoms with Crippen LogP contribution in [0.1, 0.15) is 49.4 Å². The first-order valence-electron chi connectivity index (χ1n) is 8.82. The zero-order chi connectivity index (χ0) is 16.9. The molecule has 0 radical (unpaired) electrons. The average molecular weight is 367 g/mol. The van der Waals surface area contributed by atoms with Crippen LogP contribution >= 0.6 is 23.4 Å². The van der Waals surface area contributed by atoms with E-state index in [2.05, 4.69) is 17.2 Å². The van der Waals surface area contributed by atoms with Crippen molar-refractivity contribution in [1.29, 1.82) is 0 Å². The van der Waals surface area contributed by atoms with Crippen molar-refractivity contribution in [3.8, 4) is 0 Å². The molecule has 0 aromatic carbocycles. The molecule has 0 saturated heterocycles. The molecule has 4 aliphatic carbocycles. The van der Waals surface area contributed by atoms with Gasteiger partial charge in [0.25, 0.3) is 5.91 Å². The summed E-state index contributed by atoms with van der Waals surface area (Å²) in [5, 5.41) is 14.9. The van der Waals surface area contributed by atoms with Crippen molar-refractivity contribution in [1.82, 2.24) is 10.3 Å². The molecule has 2 N–H and O–H groups in total. The van der Waals surface area contributed by atoms with Gasteiger partial charge in [-0.1, -0.05) is 18.5 Å². The quantitative estimate of drug-likeness (QED) is 0.618. The first-order valence-corrected chi connectivity index (χ1v) is 10.2. The number of rotatable bonds is 5. The average Bonchev–Trinajstić information content (AvgIpc) is 2.91. The number of hydrogen-bond donors (Lipinski definition) is 2. The molecule has 24 heavy (non-hydrogen) atoms. The van der Waals surface area contributed by atoms with Gasteiger partial charge in [-0.25, -0.2) is 4.98 Å². The van der Waals surface area contributed by atoms with Crippen LogP contribution in [0.25, 0.3) is 0 Å². The Hall–Kier alpha value is -0.780. The number of halogens is 1. The van der Waals surface area contributed by atoms with Crippen molar-refractivity contribution in [2.24, 2.45) is 17.8 Å². The summed E-state index contributed by atoms with van der Waals surface area (Å²) < 4.78 is 0. The Morgan fingerprint density at radius 1 is 1.42 bits per heavy atom. The Balaban J connectivity index is 1.51. The molecule has 4 fully saturated rings. The van der Waals surface area contributed by atoms with Gasteiger partial charge in [-0.05, 0) is 67.7 Å². The monoisotopic (exact) mass is 366 g/mol. The standard InChI is InChI=1S/C18H23ClN2O2S/c1-2-5-24-17-12(3-4-14(19)20-17)16(22)21-15-11-6-10-7-18(23,8-11)9-13(10)15/h3-4,10-11,13,15,23H,2,5-9H2,1H3,(H,21,22)/t10?,11-,13-,15-,18-/m1/s1. The highest BCUT2D eigenvalue weighted by atomic mass is 35.5. The lowest BCUT2D eigenvalue weighted by Crippen LogP contribution is -2.48. The number of aromatic nitrogens is 1. The van der Waals surface area contributed by atoms with E-state index in [9.17, 15) is 9.90 Å². The molecular formula is C18H23ClN2O2S. The minimum absolute atomic E-state index is 0.0502. The second-order valence-electron chi connectivity index (χ2n) is 7.59. The molecule has 0 aliphatic heterocycles. The first-order chi connectivity index (χ1) is 11.5. The van der Waals surface area contributed by atoms with Crippen molar-refractivity contribution >= 4 is 29.3 Å². The fourth-order valence-corrected chi connectivity index (χ4v) is 6.18. The largest absolute Gasteiger partial charge is 0.390 e. The summed E-state index contributed by atoms with van der Waals surface area (Å²) >= 11 is 7.59. The van der Waals surface area contributed by atoms with Gasteiger partial charge < -0.3 is 10.4 Å². The van der Waals surface area contributed by atoms with E-state index in [1.54, 1.807) is 23.9 Å². The minimum atomic E-state index is -0.455. The summed E-state index contributed by atoms with van der Waals surface area (Å²) in [6.45, 7) is 2.10. The Bertz CT molecular complexity index is 666. The molecule has 5 atom stereocenters. The van der Waals surface area contributed by atoms with Gasteiger partial charge in [0.05, 0.1) is 11.2 Å². The summed E-state index contributed by atoms with van der Waals surface area (Å²) in [6.07, 6.45) is 4.76. The van der Waals surface area contributed by atoms with Gasteiger partial charge in [0, 0.05) is 6.04 Å². The molecule has 1 aromatic heterocycles. The third-order valence-electron chi connectivity index (χ3n) is 5.89. The number of pyridine rings is 1. The third-order valence-corrected chi connectivity index (χ3v) is 7.30. The van der Waals surface area contributed by atoms with Crippen molar-refractivity contribution in [3.63, 3.8) is 0 Å². The number of aliphatic hydroxyl groups is 1. The van der Waals surface area contributed by atoms with Gasteiger partial charge in [-0.15, -0.1) is 11.8 Å². The maximum absolute atomic E-state index is 12.9. The predicted molar refractivity (Wildman–Crippen MR) is 95.4 cm³/mol. The van der Waals surface area contributed by atoms with E-state index in [0.717, 1.165) is 37.9 Å². The Morgan fingerprint density at radius 3 is 2.96 bits per heavy atom.